The molecule has 0 radical (unpaired) electrons. The molecule has 1 aromatic carbocycles. The van der Waals surface area contributed by atoms with E-state index in [0.717, 1.165) is 27.1 Å². The van der Waals surface area contributed by atoms with Gasteiger partial charge in [0.25, 0.3) is 0 Å². The summed E-state index contributed by atoms with van der Waals surface area (Å²) in [5.74, 6) is 0. The van der Waals surface area contributed by atoms with Crippen LogP contribution in [0.15, 0.2) is 30.5 Å². The zero-order valence-corrected chi connectivity index (χ0v) is 15.1. The minimum Gasteiger partial charge on any atom is -0.351 e. The highest BCUT2D eigenvalue weighted by Crippen LogP contribution is 2.38. The van der Waals surface area contributed by atoms with E-state index in [1.807, 2.05) is 18.2 Å². The van der Waals surface area contributed by atoms with Crippen molar-refractivity contribution in [3.8, 4) is 0 Å². The van der Waals surface area contributed by atoms with Crippen molar-refractivity contribution in [1.29, 1.82) is 0 Å². The molecule has 4 rings (SSSR count). The Kier molecular flexibility index (Phi) is 4.88. The summed E-state index contributed by atoms with van der Waals surface area (Å²) in [6, 6.07) is 5.53. The number of aromatic nitrogens is 1. The zero-order valence-electron chi connectivity index (χ0n) is 13.6. The van der Waals surface area contributed by atoms with Gasteiger partial charge in [0.2, 0.25) is 0 Å². The number of benzene rings is 1. The van der Waals surface area contributed by atoms with E-state index < -0.39 is 11.1 Å². The molecule has 0 amide bonds. The van der Waals surface area contributed by atoms with E-state index in [2.05, 4.69) is 27.1 Å². The van der Waals surface area contributed by atoms with Crippen LogP contribution in [0.1, 0.15) is 33.8 Å². The molecular formula is C16H16ClN5O3S. The maximum absolute atomic E-state index is 11.0. The maximum Gasteiger partial charge on any atom is 0.183 e. The first-order chi connectivity index (χ1) is 12.6. The van der Waals surface area contributed by atoms with Gasteiger partial charge in [-0.3, -0.25) is 10.6 Å². The fourth-order valence-corrected chi connectivity index (χ4v) is 4.26. The Labute approximate surface area is 158 Å². The highest BCUT2D eigenvalue weighted by atomic mass is 35.5. The number of rotatable bonds is 5. The standard InChI is InChI=1S/C16H16ClN5O3S/c17-16-18-6-11(26-16)3-10-5-14(21-22(23)24)12-2-1-9(4-13(10)12)15-19-7-25-8-20-15/h1-2,4-6,14-15,19-21H,3,7-8H2. The van der Waals surface area contributed by atoms with Crippen molar-refractivity contribution < 1.29 is 9.77 Å². The van der Waals surface area contributed by atoms with E-state index in [0.29, 0.717) is 24.3 Å². The third-order valence-corrected chi connectivity index (χ3v) is 5.49. The van der Waals surface area contributed by atoms with Crippen LogP contribution in [-0.2, 0) is 11.2 Å². The fraction of sp³-hybridized carbons (Fsp3) is 0.312. The number of allylic oxidation sites excluding steroid dienone is 1. The van der Waals surface area contributed by atoms with Gasteiger partial charge in [-0.15, -0.1) is 16.8 Å². The van der Waals surface area contributed by atoms with Gasteiger partial charge in [0.1, 0.15) is 6.04 Å². The SMILES string of the molecule is O=[N+]([O-])NC1C=C(Cc2cnc(Cl)s2)c2cc(C3NCOCN3)ccc21. The number of fused-ring (bicyclic) bond motifs is 1. The molecule has 1 unspecified atom stereocenters. The third-order valence-electron chi connectivity index (χ3n) is 4.37. The molecule has 1 atom stereocenters. The Morgan fingerprint density at radius 2 is 2.23 bits per heavy atom. The molecule has 136 valence electrons. The Hall–Kier alpha value is -2.04. The molecule has 10 heteroatoms. The largest absolute Gasteiger partial charge is 0.351 e. The molecule has 26 heavy (non-hydrogen) atoms. The van der Waals surface area contributed by atoms with Crippen LogP contribution in [-0.4, -0.2) is 23.5 Å². The molecule has 0 spiro atoms. The molecule has 0 saturated carbocycles. The molecule has 2 aromatic rings. The lowest BCUT2D eigenvalue weighted by atomic mass is 9.98. The summed E-state index contributed by atoms with van der Waals surface area (Å²) >= 11 is 7.34. The first kappa shape index (κ1) is 17.4. The van der Waals surface area contributed by atoms with E-state index in [9.17, 15) is 10.1 Å². The van der Waals surface area contributed by atoms with E-state index in [1.54, 1.807) is 6.20 Å². The minimum absolute atomic E-state index is 0.0179. The normalized spacial score (nSPS) is 19.9. The lowest BCUT2D eigenvalue weighted by Gasteiger charge is -2.26. The molecule has 0 bridgehead atoms. The van der Waals surface area contributed by atoms with Crippen molar-refractivity contribution in [2.45, 2.75) is 18.6 Å². The van der Waals surface area contributed by atoms with Crippen LogP contribution in [0.25, 0.3) is 5.57 Å². The Bertz CT molecular complexity index is 865. The third kappa shape index (κ3) is 3.57. The van der Waals surface area contributed by atoms with Crippen molar-refractivity contribution in [1.82, 2.24) is 21.0 Å². The molecule has 1 fully saturated rings. The van der Waals surface area contributed by atoms with E-state index in [1.165, 1.54) is 11.3 Å². The number of hydrogen-bond acceptors (Lipinski definition) is 7. The summed E-state index contributed by atoms with van der Waals surface area (Å²) < 4.78 is 5.73. The molecule has 2 aliphatic rings. The number of ether oxygens (including phenoxy) is 1. The number of hydrogen-bond donors (Lipinski definition) is 3. The predicted molar refractivity (Wildman–Crippen MR) is 97.9 cm³/mol. The minimum atomic E-state index is -0.507. The van der Waals surface area contributed by atoms with E-state index in [-0.39, 0.29) is 6.17 Å². The Morgan fingerprint density at radius 1 is 1.42 bits per heavy atom. The molecule has 1 aromatic heterocycles. The van der Waals surface area contributed by atoms with Crippen LogP contribution < -0.4 is 16.1 Å². The number of thiazole rings is 1. The van der Waals surface area contributed by atoms with Crippen molar-refractivity contribution >= 4 is 28.5 Å². The average Bonchev–Trinajstić information content (AvgIpc) is 3.19. The topological polar surface area (TPSA) is 101 Å². The predicted octanol–water partition coefficient (Wildman–Crippen LogP) is 2.38. The number of hydrazine groups is 1. The summed E-state index contributed by atoms with van der Waals surface area (Å²) in [5.41, 5.74) is 6.35. The summed E-state index contributed by atoms with van der Waals surface area (Å²) in [7, 11) is 0. The first-order valence-corrected chi connectivity index (χ1v) is 9.20. The van der Waals surface area contributed by atoms with Crippen LogP contribution in [0.4, 0.5) is 0 Å². The molecule has 2 heterocycles. The summed E-state index contributed by atoms with van der Waals surface area (Å²) in [5, 5.41) is 16.9. The number of nitrogens with one attached hydrogen (secondary N) is 3. The van der Waals surface area contributed by atoms with Crippen LogP contribution in [0.3, 0.4) is 0 Å². The Morgan fingerprint density at radius 3 is 2.92 bits per heavy atom. The van der Waals surface area contributed by atoms with Crippen molar-refractivity contribution in [3.05, 3.63) is 66.6 Å². The first-order valence-electron chi connectivity index (χ1n) is 8.00. The number of halogens is 1. The number of nitrogens with zero attached hydrogens (tertiary/aromatic N) is 2. The van der Waals surface area contributed by atoms with Gasteiger partial charge in [-0.2, -0.15) is 0 Å². The van der Waals surface area contributed by atoms with Crippen LogP contribution in [0.5, 0.6) is 0 Å². The summed E-state index contributed by atoms with van der Waals surface area (Å²) in [4.78, 5) is 16.0. The van der Waals surface area contributed by atoms with Crippen molar-refractivity contribution in [2.24, 2.45) is 0 Å². The van der Waals surface area contributed by atoms with Gasteiger partial charge in [-0.05, 0) is 34.4 Å². The van der Waals surface area contributed by atoms with Crippen molar-refractivity contribution in [3.63, 3.8) is 0 Å². The summed E-state index contributed by atoms with van der Waals surface area (Å²) in [6.07, 6.45) is 4.25. The van der Waals surface area contributed by atoms with Crippen LogP contribution in [0, 0.1) is 10.1 Å². The second kappa shape index (κ2) is 7.29. The number of nitro groups is 1. The molecule has 1 aliphatic heterocycles. The van der Waals surface area contributed by atoms with Gasteiger partial charge in [0.15, 0.2) is 9.50 Å². The molecular weight excluding hydrogens is 378 g/mol. The average molecular weight is 394 g/mol. The second-order valence-corrected chi connectivity index (χ2v) is 7.69. The van der Waals surface area contributed by atoms with Gasteiger partial charge in [0.05, 0.1) is 19.6 Å². The second-order valence-electron chi connectivity index (χ2n) is 5.99. The van der Waals surface area contributed by atoms with Gasteiger partial charge in [-0.1, -0.05) is 23.7 Å². The van der Waals surface area contributed by atoms with Crippen LogP contribution >= 0.6 is 22.9 Å². The van der Waals surface area contributed by atoms with E-state index in [4.69, 9.17) is 16.3 Å². The smallest absolute Gasteiger partial charge is 0.183 e. The highest BCUT2D eigenvalue weighted by Gasteiger charge is 2.28. The molecule has 8 nitrogen and oxygen atoms in total. The lowest BCUT2D eigenvalue weighted by Crippen LogP contribution is -2.42. The van der Waals surface area contributed by atoms with Crippen LogP contribution in [0.2, 0.25) is 4.47 Å². The molecule has 3 N–H and O–H groups in total. The van der Waals surface area contributed by atoms with Gasteiger partial charge in [-0.25, -0.2) is 15.1 Å². The lowest BCUT2D eigenvalue weighted by molar-refractivity contribution is -0.549. The highest BCUT2D eigenvalue weighted by molar-refractivity contribution is 7.15. The fourth-order valence-electron chi connectivity index (χ4n) is 3.25. The Balaban J connectivity index is 1.66. The van der Waals surface area contributed by atoms with Gasteiger partial charge >= 0.3 is 0 Å². The quantitative estimate of drug-likeness (QED) is 0.529. The molecule has 1 aliphatic carbocycles. The maximum atomic E-state index is 11.0. The van der Waals surface area contributed by atoms with Crippen molar-refractivity contribution in [2.75, 3.05) is 13.5 Å². The van der Waals surface area contributed by atoms with E-state index >= 15 is 0 Å². The van der Waals surface area contributed by atoms with Gasteiger partial charge in [0, 0.05) is 17.5 Å². The summed E-state index contributed by atoms with van der Waals surface area (Å²) in [6.45, 7) is 0.949. The van der Waals surface area contributed by atoms with Gasteiger partial charge < -0.3 is 4.74 Å². The molecule has 1 saturated heterocycles. The zero-order chi connectivity index (χ0) is 18.1. The monoisotopic (exact) mass is 393 g/mol.